The van der Waals surface area contributed by atoms with Crippen LogP contribution in [-0.4, -0.2) is 38.6 Å². The predicted octanol–water partition coefficient (Wildman–Crippen LogP) is 3.24. The fourth-order valence-corrected chi connectivity index (χ4v) is 4.85. The van der Waals surface area contributed by atoms with Crippen LogP contribution in [0.15, 0.2) is 36.5 Å². The zero-order valence-electron chi connectivity index (χ0n) is 16.4. The highest BCUT2D eigenvalue weighted by atomic mass is 19.1. The minimum atomic E-state index is -0.312. The molecular formula is C22H18FN7O. The third kappa shape index (κ3) is 2.87. The fourth-order valence-electron chi connectivity index (χ4n) is 4.85. The number of piperidine rings is 1. The van der Waals surface area contributed by atoms with Gasteiger partial charge in [0, 0.05) is 29.5 Å². The van der Waals surface area contributed by atoms with Crippen molar-refractivity contribution in [3.05, 3.63) is 48.0 Å². The van der Waals surface area contributed by atoms with Gasteiger partial charge in [0.1, 0.15) is 34.8 Å². The lowest BCUT2D eigenvalue weighted by Crippen LogP contribution is -2.41. The van der Waals surface area contributed by atoms with Crippen LogP contribution in [0.4, 0.5) is 10.2 Å². The number of benzene rings is 1. The third-order valence-corrected chi connectivity index (χ3v) is 6.30. The molecule has 1 unspecified atom stereocenters. The summed E-state index contributed by atoms with van der Waals surface area (Å²) < 4.78 is 19.9. The average Bonchev–Trinajstić information content (AvgIpc) is 3.45. The van der Waals surface area contributed by atoms with Crippen LogP contribution in [-0.2, 0) is 0 Å². The van der Waals surface area contributed by atoms with Gasteiger partial charge in [-0.25, -0.2) is 9.37 Å². The van der Waals surface area contributed by atoms with Crippen LogP contribution < -0.4 is 15.4 Å². The zero-order chi connectivity index (χ0) is 21.1. The molecule has 9 heteroatoms. The molecule has 3 aromatic heterocycles. The molecule has 1 saturated heterocycles. The number of nitriles is 1. The molecule has 0 amide bonds. The molecule has 3 atom stereocenters. The molecule has 154 valence electrons. The second-order valence-corrected chi connectivity index (χ2v) is 8.16. The summed E-state index contributed by atoms with van der Waals surface area (Å²) in [5.41, 5.74) is 7.91. The summed E-state index contributed by atoms with van der Waals surface area (Å²) in [7, 11) is 0. The van der Waals surface area contributed by atoms with Crippen LogP contribution in [0, 0.1) is 23.1 Å². The third-order valence-electron chi connectivity index (χ3n) is 6.30. The first-order valence-electron chi connectivity index (χ1n) is 10.1. The van der Waals surface area contributed by atoms with E-state index < -0.39 is 0 Å². The maximum absolute atomic E-state index is 14.0. The number of anilines is 1. The average molecular weight is 415 g/mol. The van der Waals surface area contributed by atoms with Crippen molar-refractivity contribution >= 4 is 27.8 Å². The van der Waals surface area contributed by atoms with E-state index in [0.717, 1.165) is 41.5 Å². The lowest BCUT2D eigenvalue weighted by atomic mass is 10.0. The molecule has 0 radical (unpaired) electrons. The zero-order valence-corrected chi connectivity index (χ0v) is 16.4. The van der Waals surface area contributed by atoms with E-state index in [2.05, 4.69) is 19.9 Å². The van der Waals surface area contributed by atoms with E-state index in [1.165, 1.54) is 18.3 Å². The lowest BCUT2D eigenvalue weighted by Gasteiger charge is -2.31. The van der Waals surface area contributed by atoms with Gasteiger partial charge in [-0.15, -0.1) is 0 Å². The van der Waals surface area contributed by atoms with Crippen molar-refractivity contribution in [2.24, 2.45) is 11.7 Å². The number of hydrogen-bond acceptors (Lipinski definition) is 7. The van der Waals surface area contributed by atoms with Gasteiger partial charge in [-0.2, -0.15) is 15.2 Å². The first kappa shape index (κ1) is 18.0. The van der Waals surface area contributed by atoms with Crippen LogP contribution in [0.2, 0.25) is 0 Å². The van der Waals surface area contributed by atoms with Gasteiger partial charge in [0.15, 0.2) is 0 Å². The number of fused-ring (bicyclic) bond motifs is 5. The Morgan fingerprint density at radius 3 is 2.84 bits per heavy atom. The van der Waals surface area contributed by atoms with Crippen LogP contribution in [0.25, 0.3) is 21.9 Å². The van der Waals surface area contributed by atoms with Crippen molar-refractivity contribution in [1.82, 2.24) is 19.9 Å². The topological polar surface area (TPSA) is 117 Å². The maximum atomic E-state index is 14.0. The number of rotatable bonds is 3. The highest BCUT2D eigenvalue weighted by Gasteiger charge is 2.44. The summed E-state index contributed by atoms with van der Waals surface area (Å²) >= 11 is 0. The van der Waals surface area contributed by atoms with Gasteiger partial charge in [0.2, 0.25) is 0 Å². The molecule has 4 heterocycles. The Morgan fingerprint density at radius 1 is 1.23 bits per heavy atom. The number of nitrogens with one attached hydrogen (secondary N) is 1. The van der Waals surface area contributed by atoms with E-state index in [0.29, 0.717) is 29.1 Å². The van der Waals surface area contributed by atoms with Gasteiger partial charge in [-0.05, 0) is 49.1 Å². The van der Waals surface area contributed by atoms with Crippen molar-refractivity contribution in [1.29, 1.82) is 5.26 Å². The molecule has 8 nitrogen and oxygen atoms in total. The monoisotopic (exact) mass is 415 g/mol. The van der Waals surface area contributed by atoms with Crippen molar-refractivity contribution in [3.8, 4) is 17.8 Å². The van der Waals surface area contributed by atoms with Gasteiger partial charge < -0.3 is 20.4 Å². The van der Waals surface area contributed by atoms with Gasteiger partial charge in [-0.3, -0.25) is 0 Å². The largest absolute Gasteiger partial charge is 0.423 e. The Morgan fingerprint density at radius 2 is 2.13 bits per heavy atom. The van der Waals surface area contributed by atoms with Crippen molar-refractivity contribution < 1.29 is 9.13 Å². The highest BCUT2D eigenvalue weighted by Crippen LogP contribution is 2.43. The SMILES string of the molecule is N#Cc1ccc(Oc2nc(N3C[C@H]4C[C@@H]3CC4N)c3c(n2)[nH]c2ccc(F)cc23)cn1. The van der Waals surface area contributed by atoms with E-state index >= 15 is 0 Å². The number of hydrogen-bond donors (Lipinski definition) is 2. The molecular weight excluding hydrogens is 397 g/mol. The quantitative estimate of drug-likeness (QED) is 0.527. The number of nitrogens with two attached hydrogens (primary N) is 1. The number of pyridine rings is 1. The van der Waals surface area contributed by atoms with Gasteiger partial charge in [-0.1, -0.05) is 0 Å². The molecule has 31 heavy (non-hydrogen) atoms. The summed E-state index contributed by atoms with van der Waals surface area (Å²) in [6, 6.07) is 10.5. The maximum Gasteiger partial charge on any atom is 0.326 e. The fraction of sp³-hybridized carbons (Fsp3) is 0.273. The Labute approximate surface area is 176 Å². The predicted molar refractivity (Wildman–Crippen MR) is 112 cm³/mol. The van der Waals surface area contributed by atoms with Crippen LogP contribution in [0.5, 0.6) is 11.8 Å². The van der Waals surface area contributed by atoms with Crippen molar-refractivity contribution in [2.75, 3.05) is 11.4 Å². The van der Waals surface area contributed by atoms with E-state index in [1.54, 1.807) is 18.2 Å². The van der Waals surface area contributed by atoms with E-state index in [-0.39, 0.29) is 17.9 Å². The summed E-state index contributed by atoms with van der Waals surface area (Å²) in [6.07, 6.45) is 3.39. The summed E-state index contributed by atoms with van der Waals surface area (Å²) in [5.74, 6) is 1.26. The number of ether oxygens (including phenoxy) is 1. The molecule has 2 aliphatic rings. The van der Waals surface area contributed by atoms with Crippen molar-refractivity contribution in [2.45, 2.75) is 24.9 Å². The van der Waals surface area contributed by atoms with E-state index in [4.69, 9.17) is 20.7 Å². The summed E-state index contributed by atoms with van der Waals surface area (Å²) in [6.45, 7) is 0.803. The lowest BCUT2D eigenvalue weighted by molar-refractivity contribution is 0.438. The number of aromatic amines is 1. The Bertz CT molecular complexity index is 1360. The molecule has 1 aromatic carbocycles. The van der Waals surface area contributed by atoms with E-state index in [1.807, 2.05) is 6.07 Å². The molecule has 1 saturated carbocycles. The molecule has 1 aliphatic carbocycles. The normalized spacial score (nSPS) is 22.4. The first-order valence-corrected chi connectivity index (χ1v) is 10.1. The standard InChI is InChI=1S/C22H18FN7O/c23-12-1-4-18-16(6-12)19-20(27-18)28-22(31-15-3-2-13(8-24)26-9-15)29-21(19)30-10-11-5-14(30)7-17(11)25/h1-4,6,9,11,14,17H,5,7,10,25H2,(H,27,28,29)/t11-,14-,17?/m1/s1. The molecule has 3 N–H and O–H groups in total. The number of H-pyrrole nitrogens is 1. The van der Waals surface area contributed by atoms with Gasteiger partial charge >= 0.3 is 6.01 Å². The smallest absolute Gasteiger partial charge is 0.326 e. The van der Waals surface area contributed by atoms with Crippen LogP contribution >= 0.6 is 0 Å². The second kappa shape index (κ2) is 6.62. The summed E-state index contributed by atoms with van der Waals surface area (Å²) in [4.78, 5) is 18.8. The minimum absolute atomic E-state index is 0.160. The Kier molecular flexibility index (Phi) is 3.85. The Balaban J connectivity index is 1.50. The summed E-state index contributed by atoms with van der Waals surface area (Å²) in [5, 5.41) is 10.4. The molecule has 1 aliphatic heterocycles. The van der Waals surface area contributed by atoms with Crippen LogP contribution in [0.3, 0.4) is 0 Å². The minimum Gasteiger partial charge on any atom is -0.423 e. The first-order chi connectivity index (χ1) is 15.1. The Hall–Kier alpha value is -3.77. The van der Waals surface area contributed by atoms with Gasteiger partial charge in [0.25, 0.3) is 0 Å². The second-order valence-electron chi connectivity index (χ2n) is 8.16. The van der Waals surface area contributed by atoms with Crippen molar-refractivity contribution in [3.63, 3.8) is 0 Å². The molecule has 2 fully saturated rings. The number of nitrogens with zero attached hydrogens (tertiary/aromatic N) is 5. The van der Waals surface area contributed by atoms with Gasteiger partial charge in [0.05, 0.1) is 11.6 Å². The molecule has 4 aromatic rings. The molecule has 0 spiro atoms. The number of aromatic nitrogens is 4. The molecule has 2 bridgehead atoms. The highest BCUT2D eigenvalue weighted by molar-refractivity contribution is 6.11. The number of halogens is 1. The van der Waals surface area contributed by atoms with E-state index in [9.17, 15) is 4.39 Å². The van der Waals surface area contributed by atoms with Crippen LogP contribution in [0.1, 0.15) is 18.5 Å². The molecule has 6 rings (SSSR count).